The van der Waals surface area contributed by atoms with Gasteiger partial charge in [0.05, 0.1) is 5.56 Å². The van der Waals surface area contributed by atoms with Crippen molar-refractivity contribution in [2.24, 2.45) is 0 Å². The number of aromatic carboxylic acids is 1. The molecule has 5 nitrogen and oxygen atoms in total. The summed E-state index contributed by atoms with van der Waals surface area (Å²) in [6.45, 7) is 6.19. The molecule has 1 unspecified atom stereocenters. The molecule has 3 rings (SSSR count). The van der Waals surface area contributed by atoms with E-state index in [0.717, 1.165) is 37.6 Å². The Hall–Kier alpha value is -1.62. The number of aromatic nitrogens is 1. The molecule has 0 radical (unpaired) electrons. The van der Waals surface area contributed by atoms with Gasteiger partial charge in [-0.3, -0.25) is 4.90 Å². The normalized spacial score (nSPS) is 22.9. The second-order valence-corrected chi connectivity index (χ2v) is 6.00. The second kappa shape index (κ2) is 6.02. The quantitative estimate of drug-likeness (QED) is 0.922. The fourth-order valence-corrected chi connectivity index (χ4v) is 3.40. The van der Waals surface area contributed by atoms with Crippen LogP contribution in [0.4, 0.5) is 5.82 Å². The molecule has 0 spiro atoms. The summed E-state index contributed by atoms with van der Waals surface area (Å²) in [5.41, 5.74) is 1.21. The van der Waals surface area contributed by atoms with Gasteiger partial charge in [-0.25, -0.2) is 9.78 Å². The van der Waals surface area contributed by atoms with Crippen molar-refractivity contribution in [1.29, 1.82) is 0 Å². The molecule has 2 saturated heterocycles. The second-order valence-electron chi connectivity index (χ2n) is 6.00. The first-order chi connectivity index (χ1) is 10.2. The van der Waals surface area contributed by atoms with Gasteiger partial charge in [0.1, 0.15) is 5.82 Å². The monoisotopic (exact) mass is 289 g/mol. The topological polar surface area (TPSA) is 56.7 Å². The van der Waals surface area contributed by atoms with Crippen molar-refractivity contribution in [2.75, 3.05) is 31.1 Å². The number of anilines is 1. The number of rotatable bonds is 3. The molecular formula is C16H23N3O2. The molecule has 114 valence electrons. The van der Waals surface area contributed by atoms with Gasteiger partial charge in [0.15, 0.2) is 0 Å². The third kappa shape index (κ3) is 3.02. The van der Waals surface area contributed by atoms with E-state index in [2.05, 4.69) is 14.8 Å². The minimum Gasteiger partial charge on any atom is -0.478 e. The van der Waals surface area contributed by atoms with Crippen LogP contribution in [-0.2, 0) is 6.42 Å². The van der Waals surface area contributed by atoms with E-state index in [9.17, 15) is 9.90 Å². The third-order valence-corrected chi connectivity index (χ3v) is 4.64. The fraction of sp³-hybridized carbons (Fsp3) is 0.625. The molecule has 1 N–H and O–H groups in total. The van der Waals surface area contributed by atoms with E-state index in [-0.39, 0.29) is 0 Å². The summed E-state index contributed by atoms with van der Waals surface area (Å²) in [4.78, 5) is 20.8. The van der Waals surface area contributed by atoms with E-state index in [4.69, 9.17) is 0 Å². The van der Waals surface area contributed by atoms with Crippen molar-refractivity contribution in [3.63, 3.8) is 0 Å². The van der Waals surface area contributed by atoms with E-state index >= 15 is 0 Å². The number of hydrogen-bond donors (Lipinski definition) is 1. The number of carbonyl (C=O) groups is 1. The molecule has 0 bridgehead atoms. The molecular weight excluding hydrogens is 266 g/mol. The van der Waals surface area contributed by atoms with E-state index in [1.165, 1.54) is 25.8 Å². The number of carboxylic acids is 1. The van der Waals surface area contributed by atoms with Crippen LogP contribution in [0, 0.1) is 0 Å². The molecule has 1 aromatic rings. The highest BCUT2D eigenvalue weighted by atomic mass is 16.4. The van der Waals surface area contributed by atoms with E-state index in [1.807, 2.05) is 6.92 Å². The van der Waals surface area contributed by atoms with E-state index in [1.54, 1.807) is 12.1 Å². The van der Waals surface area contributed by atoms with Gasteiger partial charge in [0, 0.05) is 31.4 Å². The smallest absolute Gasteiger partial charge is 0.335 e. The zero-order valence-electron chi connectivity index (χ0n) is 12.6. The van der Waals surface area contributed by atoms with Crippen molar-refractivity contribution >= 4 is 11.8 Å². The minimum absolute atomic E-state index is 0.350. The lowest BCUT2D eigenvalue weighted by Crippen LogP contribution is -2.55. The predicted octanol–water partition coefficient (Wildman–Crippen LogP) is 2.02. The first-order valence-corrected chi connectivity index (χ1v) is 7.90. The Morgan fingerprint density at radius 1 is 1.33 bits per heavy atom. The number of fused-ring (bicyclic) bond motifs is 1. The molecule has 2 aliphatic rings. The summed E-state index contributed by atoms with van der Waals surface area (Å²) in [7, 11) is 0. The highest BCUT2D eigenvalue weighted by Crippen LogP contribution is 2.25. The van der Waals surface area contributed by atoms with Crippen molar-refractivity contribution in [2.45, 2.75) is 38.6 Å². The number of piperazine rings is 1. The van der Waals surface area contributed by atoms with Crippen molar-refractivity contribution < 1.29 is 9.90 Å². The molecule has 2 fully saturated rings. The summed E-state index contributed by atoms with van der Waals surface area (Å²) < 4.78 is 0. The van der Waals surface area contributed by atoms with Gasteiger partial charge in [-0.1, -0.05) is 13.3 Å². The lowest BCUT2D eigenvalue weighted by atomic mass is 9.99. The van der Waals surface area contributed by atoms with E-state index in [0.29, 0.717) is 11.6 Å². The molecule has 0 aliphatic carbocycles. The molecule has 0 amide bonds. The lowest BCUT2D eigenvalue weighted by Gasteiger charge is -2.44. The number of aryl methyl sites for hydroxylation is 1. The largest absolute Gasteiger partial charge is 0.478 e. The van der Waals surface area contributed by atoms with Gasteiger partial charge in [0.2, 0.25) is 0 Å². The highest BCUT2D eigenvalue weighted by molar-refractivity contribution is 5.88. The summed E-state index contributed by atoms with van der Waals surface area (Å²) in [6, 6.07) is 4.01. The molecule has 21 heavy (non-hydrogen) atoms. The maximum absolute atomic E-state index is 11.3. The molecule has 1 atom stereocenters. The number of piperidine rings is 1. The van der Waals surface area contributed by atoms with Crippen molar-refractivity contribution in [3.05, 3.63) is 23.4 Å². The van der Waals surface area contributed by atoms with Crippen LogP contribution >= 0.6 is 0 Å². The standard InChI is InChI=1S/C16H23N3O2/c1-2-13-9-12(16(20)21)10-15(17-13)19-8-7-18-6-4-3-5-14(18)11-19/h9-10,14H,2-8,11H2,1H3,(H,20,21). The van der Waals surface area contributed by atoms with Gasteiger partial charge in [-0.15, -0.1) is 0 Å². The summed E-state index contributed by atoms with van der Waals surface area (Å²) in [6.07, 6.45) is 4.62. The van der Waals surface area contributed by atoms with Crippen LogP contribution in [0.5, 0.6) is 0 Å². The maximum atomic E-state index is 11.3. The summed E-state index contributed by atoms with van der Waals surface area (Å²) >= 11 is 0. The average Bonchev–Trinajstić information content (AvgIpc) is 2.53. The Labute approximate surface area is 125 Å². The number of nitrogens with zero attached hydrogens (tertiary/aromatic N) is 3. The Kier molecular flexibility index (Phi) is 4.10. The summed E-state index contributed by atoms with van der Waals surface area (Å²) in [5, 5.41) is 9.26. The van der Waals surface area contributed by atoms with Crippen LogP contribution in [0.15, 0.2) is 12.1 Å². The lowest BCUT2D eigenvalue weighted by molar-refractivity contribution is 0.0696. The highest BCUT2D eigenvalue weighted by Gasteiger charge is 2.29. The molecule has 1 aromatic heterocycles. The van der Waals surface area contributed by atoms with Crippen LogP contribution in [-0.4, -0.2) is 53.2 Å². The zero-order chi connectivity index (χ0) is 14.8. The number of pyridine rings is 1. The summed E-state index contributed by atoms with van der Waals surface area (Å²) in [5.74, 6) is -0.0402. The van der Waals surface area contributed by atoms with E-state index < -0.39 is 5.97 Å². The van der Waals surface area contributed by atoms with Crippen LogP contribution < -0.4 is 4.90 Å². The Balaban J connectivity index is 1.82. The first kappa shape index (κ1) is 14.3. The van der Waals surface area contributed by atoms with Gasteiger partial charge < -0.3 is 10.0 Å². The van der Waals surface area contributed by atoms with Gasteiger partial charge >= 0.3 is 5.97 Å². The molecule has 0 saturated carbocycles. The Morgan fingerprint density at radius 2 is 2.19 bits per heavy atom. The van der Waals surface area contributed by atoms with Crippen LogP contribution in [0.25, 0.3) is 0 Å². The maximum Gasteiger partial charge on any atom is 0.335 e. The zero-order valence-corrected chi connectivity index (χ0v) is 12.6. The number of carboxylic acid groups (broad SMARTS) is 1. The van der Waals surface area contributed by atoms with Crippen LogP contribution in [0.2, 0.25) is 0 Å². The van der Waals surface area contributed by atoms with Crippen LogP contribution in [0.3, 0.4) is 0 Å². The van der Waals surface area contributed by atoms with Crippen molar-refractivity contribution in [3.8, 4) is 0 Å². The molecule has 3 heterocycles. The SMILES string of the molecule is CCc1cc(C(=O)O)cc(N2CCN3CCCCC3C2)n1. The van der Waals surface area contributed by atoms with Gasteiger partial charge in [-0.05, 0) is 37.9 Å². The van der Waals surface area contributed by atoms with Crippen molar-refractivity contribution in [1.82, 2.24) is 9.88 Å². The van der Waals surface area contributed by atoms with Gasteiger partial charge in [-0.2, -0.15) is 0 Å². The Morgan fingerprint density at radius 3 is 2.95 bits per heavy atom. The third-order valence-electron chi connectivity index (χ3n) is 4.64. The molecule has 2 aliphatic heterocycles. The Bertz CT molecular complexity index is 532. The minimum atomic E-state index is -0.871. The predicted molar refractivity (Wildman–Crippen MR) is 82.0 cm³/mol. The average molecular weight is 289 g/mol. The number of hydrogen-bond acceptors (Lipinski definition) is 4. The molecule has 0 aromatic carbocycles. The first-order valence-electron chi connectivity index (χ1n) is 7.90. The fourth-order valence-electron chi connectivity index (χ4n) is 3.40. The van der Waals surface area contributed by atoms with Crippen LogP contribution in [0.1, 0.15) is 42.2 Å². The molecule has 5 heteroatoms. The van der Waals surface area contributed by atoms with Gasteiger partial charge in [0.25, 0.3) is 0 Å².